The lowest BCUT2D eigenvalue weighted by atomic mass is 9.84. The molecule has 0 unspecified atom stereocenters. The molecule has 0 aliphatic heterocycles. The number of aliphatic carboxylic acids is 1. The molecule has 0 spiro atoms. The fourth-order valence-corrected chi connectivity index (χ4v) is 2.13. The van der Waals surface area contributed by atoms with Gasteiger partial charge in [-0.1, -0.05) is 13.3 Å². The van der Waals surface area contributed by atoms with Gasteiger partial charge in [0.2, 0.25) is 5.91 Å². The topological polar surface area (TPSA) is 66.4 Å². The molecular formula is C11H19NO3. The Bertz CT molecular complexity index is 232. The molecule has 0 aromatic heterocycles. The monoisotopic (exact) mass is 213 g/mol. The van der Waals surface area contributed by atoms with Crippen molar-refractivity contribution in [3.8, 4) is 0 Å². The molecule has 0 saturated heterocycles. The van der Waals surface area contributed by atoms with E-state index in [9.17, 15) is 9.59 Å². The van der Waals surface area contributed by atoms with Crippen molar-refractivity contribution in [2.75, 3.05) is 0 Å². The molecule has 86 valence electrons. The maximum Gasteiger partial charge on any atom is 0.312 e. The summed E-state index contributed by atoms with van der Waals surface area (Å²) in [5.41, 5.74) is 0. The van der Waals surface area contributed by atoms with Crippen molar-refractivity contribution >= 4 is 11.9 Å². The van der Waals surface area contributed by atoms with Gasteiger partial charge < -0.3 is 10.4 Å². The summed E-state index contributed by atoms with van der Waals surface area (Å²) < 4.78 is 0. The number of hydrogen-bond donors (Lipinski definition) is 2. The van der Waals surface area contributed by atoms with E-state index in [2.05, 4.69) is 12.2 Å². The summed E-state index contributed by atoms with van der Waals surface area (Å²) in [6.45, 7) is 2.19. The highest BCUT2D eigenvalue weighted by Gasteiger charge is 2.21. The van der Waals surface area contributed by atoms with Gasteiger partial charge in [0, 0.05) is 6.04 Å². The van der Waals surface area contributed by atoms with Gasteiger partial charge in [-0.25, -0.2) is 0 Å². The van der Waals surface area contributed by atoms with Crippen LogP contribution in [0.1, 0.15) is 45.4 Å². The smallest absolute Gasteiger partial charge is 0.312 e. The molecule has 0 bridgehead atoms. The number of carbonyl (C=O) groups excluding carboxylic acids is 1. The van der Waals surface area contributed by atoms with Crippen molar-refractivity contribution in [3.05, 3.63) is 0 Å². The molecule has 0 aromatic carbocycles. The van der Waals surface area contributed by atoms with Crippen molar-refractivity contribution in [3.63, 3.8) is 0 Å². The molecule has 2 N–H and O–H groups in total. The van der Waals surface area contributed by atoms with E-state index < -0.39 is 12.4 Å². The van der Waals surface area contributed by atoms with E-state index in [1.807, 2.05) is 0 Å². The van der Waals surface area contributed by atoms with Crippen LogP contribution in [-0.2, 0) is 9.59 Å². The van der Waals surface area contributed by atoms with Crippen molar-refractivity contribution in [1.82, 2.24) is 5.32 Å². The molecule has 1 saturated carbocycles. The minimum Gasteiger partial charge on any atom is -0.481 e. The van der Waals surface area contributed by atoms with Crippen LogP contribution < -0.4 is 5.32 Å². The average molecular weight is 213 g/mol. The van der Waals surface area contributed by atoms with Gasteiger partial charge in [0.1, 0.15) is 6.42 Å². The van der Waals surface area contributed by atoms with Gasteiger partial charge in [0.15, 0.2) is 0 Å². The van der Waals surface area contributed by atoms with Gasteiger partial charge in [-0.15, -0.1) is 0 Å². The predicted molar refractivity (Wildman–Crippen MR) is 56.4 cm³/mol. The number of rotatable bonds is 4. The van der Waals surface area contributed by atoms with E-state index in [0.717, 1.165) is 31.6 Å². The Morgan fingerprint density at radius 1 is 1.27 bits per heavy atom. The highest BCUT2D eigenvalue weighted by molar-refractivity contribution is 5.93. The molecule has 0 aromatic rings. The summed E-state index contributed by atoms with van der Waals surface area (Å²) in [4.78, 5) is 21.5. The first-order valence-corrected chi connectivity index (χ1v) is 5.63. The zero-order valence-electron chi connectivity index (χ0n) is 9.16. The molecule has 1 amide bonds. The number of carboxylic acid groups (broad SMARTS) is 1. The molecule has 1 aliphatic rings. The summed E-state index contributed by atoms with van der Waals surface area (Å²) in [5, 5.41) is 11.2. The van der Waals surface area contributed by atoms with Crippen LogP contribution in [0.4, 0.5) is 0 Å². The maximum absolute atomic E-state index is 11.2. The van der Waals surface area contributed by atoms with E-state index in [0.29, 0.717) is 0 Å². The SMILES string of the molecule is CCC1CCC(NC(=O)CC(=O)O)CC1. The van der Waals surface area contributed by atoms with E-state index >= 15 is 0 Å². The van der Waals surface area contributed by atoms with E-state index in [1.165, 1.54) is 6.42 Å². The van der Waals surface area contributed by atoms with Crippen LogP contribution in [0.15, 0.2) is 0 Å². The summed E-state index contributed by atoms with van der Waals surface area (Å²) in [7, 11) is 0. The summed E-state index contributed by atoms with van der Waals surface area (Å²) in [6, 6.07) is 0.194. The lowest BCUT2D eigenvalue weighted by Crippen LogP contribution is -2.38. The summed E-state index contributed by atoms with van der Waals surface area (Å²) in [6.07, 6.45) is 5.07. The molecule has 0 heterocycles. The Balaban J connectivity index is 2.23. The Morgan fingerprint density at radius 3 is 2.33 bits per heavy atom. The Labute approximate surface area is 90.0 Å². The molecule has 1 aliphatic carbocycles. The largest absolute Gasteiger partial charge is 0.481 e. The highest BCUT2D eigenvalue weighted by Crippen LogP contribution is 2.26. The first kappa shape index (κ1) is 12.0. The highest BCUT2D eigenvalue weighted by atomic mass is 16.4. The van der Waals surface area contributed by atoms with Gasteiger partial charge in [0.05, 0.1) is 0 Å². The zero-order valence-corrected chi connectivity index (χ0v) is 9.16. The summed E-state index contributed by atoms with van der Waals surface area (Å²) in [5.74, 6) is -0.630. The standard InChI is InChI=1S/C11H19NO3/c1-2-8-3-5-9(6-4-8)12-10(13)7-11(14)15/h8-9H,2-7H2,1H3,(H,12,13)(H,14,15). The number of hydrogen-bond acceptors (Lipinski definition) is 2. The van der Waals surface area contributed by atoms with Gasteiger partial charge in [-0.3, -0.25) is 9.59 Å². The molecule has 0 atom stereocenters. The number of nitrogens with one attached hydrogen (secondary N) is 1. The van der Waals surface area contributed by atoms with Crippen LogP contribution in [0, 0.1) is 5.92 Å². The van der Waals surface area contributed by atoms with Crippen LogP contribution in [0.25, 0.3) is 0 Å². The molecule has 4 heteroatoms. The van der Waals surface area contributed by atoms with E-state index in [4.69, 9.17) is 5.11 Å². The summed E-state index contributed by atoms with van der Waals surface area (Å²) >= 11 is 0. The Kier molecular flexibility index (Phi) is 4.59. The first-order chi connectivity index (χ1) is 7.11. The predicted octanol–water partition coefficient (Wildman–Crippen LogP) is 1.55. The lowest BCUT2D eigenvalue weighted by molar-refractivity contribution is -0.140. The van der Waals surface area contributed by atoms with Crippen molar-refractivity contribution in [2.24, 2.45) is 5.92 Å². The number of amides is 1. The van der Waals surface area contributed by atoms with E-state index in [-0.39, 0.29) is 11.9 Å². The van der Waals surface area contributed by atoms with Gasteiger partial charge in [-0.2, -0.15) is 0 Å². The van der Waals surface area contributed by atoms with Crippen LogP contribution in [0.3, 0.4) is 0 Å². The average Bonchev–Trinajstić information content (AvgIpc) is 2.17. The third-order valence-electron chi connectivity index (χ3n) is 3.10. The van der Waals surface area contributed by atoms with Gasteiger partial charge in [-0.05, 0) is 31.6 Å². The van der Waals surface area contributed by atoms with Gasteiger partial charge >= 0.3 is 5.97 Å². The van der Waals surface area contributed by atoms with Crippen molar-refractivity contribution in [2.45, 2.75) is 51.5 Å². The molecule has 1 fully saturated rings. The first-order valence-electron chi connectivity index (χ1n) is 5.63. The van der Waals surface area contributed by atoms with Gasteiger partial charge in [0.25, 0.3) is 0 Å². The molecule has 1 rings (SSSR count). The fourth-order valence-electron chi connectivity index (χ4n) is 2.13. The second-order valence-electron chi connectivity index (χ2n) is 4.26. The van der Waals surface area contributed by atoms with Crippen LogP contribution >= 0.6 is 0 Å². The van der Waals surface area contributed by atoms with Crippen molar-refractivity contribution < 1.29 is 14.7 Å². The normalized spacial score (nSPS) is 25.9. The second-order valence-corrected chi connectivity index (χ2v) is 4.26. The fraction of sp³-hybridized carbons (Fsp3) is 0.818. The lowest BCUT2D eigenvalue weighted by Gasteiger charge is -2.28. The molecule has 15 heavy (non-hydrogen) atoms. The Hall–Kier alpha value is -1.06. The van der Waals surface area contributed by atoms with E-state index in [1.54, 1.807) is 0 Å². The quantitative estimate of drug-likeness (QED) is 0.696. The van der Waals surface area contributed by atoms with Crippen LogP contribution in [0.5, 0.6) is 0 Å². The third kappa shape index (κ3) is 4.32. The molecular weight excluding hydrogens is 194 g/mol. The minimum atomic E-state index is -1.06. The van der Waals surface area contributed by atoms with Crippen LogP contribution in [0.2, 0.25) is 0 Å². The van der Waals surface area contributed by atoms with Crippen LogP contribution in [-0.4, -0.2) is 23.0 Å². The van der Waals surface area contributed by atoms with Crippen molar-refractivity contribution in [1.29, 1.82) is 0 Å². The molecule has 4 nitrogen and oxygen atoms in total. The minimum absolute atomic E-state index is 0.194. The number of carbonyl (C=O) groups is 2. The maximum atomic E-state index is 11.2. The zero-order chi connectivity index (χ0) is 11.3. The number of carboxylic acids is 1. The second kappa shape index (κ2) is 5.73. The molecule has 0 radical (unpaired) electrons. The Morgan fingerprint density at radius 2 is 1.87 bits per heavy atom. The third-order valence-corrected chi connectivity index (χ3v) is 3.10.